The van der Waals surface area contributed by atoms with Gasteiger partial charge in [0.25, 0.3) is 11.8 Å². The van der Waals surface area contributed by atoms with Gasteiger partial charge in [0.1, 0.15) is 0 Å². The third-order valence-electron chi connectivity index (χ3n) is 4.74. The number of anilines is 1. The molecule has 2 heterocycles. The zero-order valence-corrected chi connectivity index (χ0v) is 18.1. The van der Waals surface area contributed by atoms with Crippen molar-refractivity contribution in [2.75, 3.05) is 11.9 Å². The maximum Gasteiger partial charge on any atom is 0.273 e. The summed E-state index contributed by atoms with van der Waals surface area (Å²) in [5, 5.41) is 14.6. The van der Waals surface area contributed by atoms with Crippen LogP contribution in [0.2, 0.25) is 0 Å². The van der Waals surface area contributed by atoms with Gasteiger partial charge in [0.15, 0.2) is 5.69 Å². The largest absolute Gasteiger partial charge is 0.350 e. The molecule has 0 spiro atoms. The van der Waals surface area contributed by atoms with Crippen molar-refractivity contribution in [3.8, 4) is 5.69 Å². The fraction of sp³-hybridized carbons (Fsp3) is 0.364. The van der Waals surface area contributed by atoms with Crippen LogP contribution in [-0.4, -0.2) is 37.9 Å². The van der Waals surface area contributed by atoms with E-state index in [1.807, 2.05) is 58.0 Å². The smallest absolute Gasteiger partial charge is 0.273 e. The van der Waals surface area contributed by atoms with Crippen molar-refractivity contribution < 1.29 is 9.59 Å². The summed E-state index contributed by atoms with van der Waals surface area (Å²) in [6, 6.07) is 9.65. The van der Waals surface area contributed by atoms with Crippen molar-refractivity contribution in [2.24, 2.45) is 5.92 Å². The monoisotopic (exact) mass is 408 g/mol. The summed E-state index contributed by atoms with van der Waals surface area (Å²) >= 11 is 0. The molecule has 0 fully saturated rings. The number of para-hydroxylation sites is 1. The van der Waals surface area contributed by atoms with Gasteiger partial charge in [-0.3, -0.25) is 14.3 Å². The number of amides is 2. The maximum atomic E-state index is 13.1. The molecule has 158 valence electrons. The standard InChI is InChI=1S/C22H28N6O2/c1-6-27-13-18(20(26-27)22(30)23-12-14(2)3)24-21(29)19-15(4)25-28(16(19)5)17-10-8-7-9-11-17/h7-11,13-14H,6,12H2,1-5H3,(H,23,30)(H,24,29). The van der Waals surface area contributed by atoms with Crippen molar-refractivity contribution in [2.45, 2.75) is 41.2 Å². The average molecular weight is 409 g/mol. The highest BCUT2D eigenvalue weighted by molar-refractivity contribution is 6.09. The van der Waals surface area contributed by atoms with Crippen molar-refractivity contribution >= 4 is 17.5 Å². The fourth-order valence-electron chi connectivity index (χ4n) is 3.20. The van der Waals surface area contributed by atoms with E-state index in [4.69, 9.17) is 0 Å². The van der Waals surface area contributed by atoms with Crippen molar-refractivity contribution in [1.29, 1.82) is 0 Å². The maximum absolute atomic E-state index is 13.1. The molecule has 0 atom stereocenters. The predicted octanol–water partition coefficient (Wildman–Crippen LogP) is 3.34. The Bertz CT molecular complexity index is 1050. The lowest BCUT2D eigenvalue weighted by atomic mass is 10.1. The Kier molecular flexibility index (Phi) is 6.34. The number of carbonyl (C=O) groups excluding carboxylic acids is 2. The minimum absolute atomic E-state index is 0.205. The van der Waals surface area contributed by atoms with E-state index in [1.54, 1.807) is 22.5 Å². The minimum Gasteiger partial charge on any atom is -0.350 e. The Morgan fingerprint density at radius 3 is 2.40 bits per heavy atom. The second kappa shape index (κ2) is 8.94. The van der Waals surface area contributed by atoms with Crippen molar-refractivity contribution in [1.82, 2.24) is 24.9 Å². The summed E-state index contributed by atoms with van der Waals surface area (Å²) in [4.78, 5) is 25.7. The van der Waals surface area contributed by atoms with Gasteiger partial charge in [-0.15, -0.1) is 0 Å². The normalized spacial score (nSPS) is 11.0. The highest BCUT2D eigenvalue weighted by atomic mass is 16.2. The van der Waals surface area contributed by atoms with Gasteiger partial charge in [-0.05, 0) is 38.8 Å². The number of aryl methyl sites for hydroxylation is 2. The Morgan fingerprint density at radius 1 is 1.07 bits per heavy atom. The topological polar surface area (TPSA) is 93.8 Å². The molecule has 3 aromatic rings. The van der Waals surface area contributed by atoms with E-state index in [0.29, 0.717) is 36.0 Å². The molecule has 0 aliphatic rings. The van der Waals surface area contributed by atoms with Gasteiger partial charge in [0, 0.05) is 19.3 Å². The third-order valence-corrected chi connectivity index (χ3v) is 4.74. The summed E-state index contributed by atoms with van der Waals surface area (Å²) < 4.78 is 3.38. The first-order valence-corrected chi connectivity index (χ1v) is 10.1. The first-order valence-electron chi connectivity index (χ1n) is 10.1. The minimum atomic E-state index is -0.319. The van der Waals surface area contributed by atoms with Crippen LogP contribution in [0.1, 0.15) is 53.0 Å². The van der Waals surface area contributed by atoms with Crippen molar-refractivity contribution in [3.63, 3.8) is 0 Å². The first-order chi connectivity index (χ1) is 14.3. The lowest BCUT2D eigenvalue weighted by Gasteiger charge is -2.09. The number of carbonyl (C=O) groups is 2. The molecule has 0 radical (unpaired) electrons. The number of benzene rings is 1. The zero-order valence-electron chi connectivity index (χ0n) is 18.1. The summed E-state index contributed by atoms with van der Waals surface area (Å²) in [6.07, 6.45) is 1.68. The SMILES string of the molecule is CCn1cc(NC(=O)c2c(C)nn(-c3ccccc3)c2C)c(C(=O)NCC(C)C)n1. The van der Waals surface area contributed by atoms with Crippen LogP contribution in [-0.2, 0) is 6.54 Å². The third kappa shape index (κ3) is 4.42. The molecule has 3 rings (SSSR count). The van der Waals surface area contributed by atoms with Crippen LogP contribution in [0.25, 0.3) is 5.69 Å². The molecular weight excluding hydrogens is 380 g/mol. The van der Waals surface area contributed by atoms with Crippen LogP contribution in [0.3, 0.4) is 0 Å². The molecule has 1 aromatic carbocycles. The van der Waals surface area contributed by atoms with E-state index >= 15 is 0 Å². The van der Waals surface area contributed by atoms with E-state index in [0.717, 1.165) is 11.4 Å². The van der Waals surface area contributed by atoms with Crippen LogP contribution in [0.4, 0.5) is 5.69 Å². The summed E-state index contributed by atoms with van der Waals surface area (Å²) in [7, 11) is 0. The Labute approximate surface area is 176 Å². The molecule has 2 amide bonds. The van der Waals surface area contributed by atoms with E-state index in [-0.39, 0.29) is 17.5 Å². The molecule has 2 aromatic heterocycles. The van der Waals surface area contributed by atoms with Gasteiger partial charge < -0.3 is 10.6 Å². The molecule has 0 aliphatic heterocycles. The zero-order chi connectivity index (χ0) is 21.8. The van der Waals surface area contributed by atoms with Gasteiger partial charge in [-0.2, -0.15) is 10.2 Å². The molecule has 0 unspecified atom stereocenters. The number of nitrogens with one attached hydrogen (secondary N) is 2. The van der Waals surface area contributed by atoms with E-state index in [1.165, 1.54) is 0 Å². The molecule has 2 N–H and O–H groups in total. The van der Waals surface area contributed by atoms with Gasteiger partial charge >= 0.3 is 0 Å². The highest BCUT2D eigenvalue weighted by Crippen LogP contribution is 2.21. The number of rotatable bonds is 7. The molecule has 0 saturated carbocycles. The summed E-state index contributed by atoms with van der Waals surface area (Å²) in [5.41, 5.74) is 3.29. The fourth-order valence-corrected chi connectivity index (χ4v) is 3.20. The molecular formula is C22H28N6O2. The van der Waals surface area contributed by atoms with E-state index in [2.05, 4.69) is 20.8 Å². The lowest BCUT2D eigenvalue weighted by Crippen LogP contribution is -2.29. The molecule has 0 saturated heterocycles. The molecule has 30 heavy (non-hydrogen) atoms. The number of hydrogen-bond acceptors (Lipinski definition) is 4. The highest BCUT2D eigenvalue weighted by Gasteiger charge is 2.23. The van der Waals surface area contributed by atoms with Gasteiger partial charge in [-0.1, -0.05) is 32.0 Å². The van der Waals surface area contributed by atoms with Crippen molar-refractivity contribution in [3.05, 3.63) is 59.2 Å². The average Bonchev–Trinajstić information content (AvgIpc) is 3.26. The van der Waals surface area contributed by atoms with Crippen LogP contribution >= 0.6 is 0 Å². The Hall–Kier alpha value is -3.42. The van der Waals surface area contributed by atoms with E-state index in [9.17, 15) is 9.59 Å². The summed E-state index contributed by atoms with van der Waals surface area (Å²) in [6.45, 7) is 10.7. The lowest BCUT2D eigenvalue weighted by molar-refractivity contribution is 0.0944. The quantitative estimate of drug-likeness (QED) is 0.627. The van der Waals surface area contributed by atoms with Crippen LogP contribution in [0.15, 0.2) is 36.5 Å². The second-order valence-corrected chi connectivity index (χ2v) is 7.60. The van der Waals surface area contributed by atoms with Gasteiger partial charge in [0.2, 0.25) is 0 Å². The molecule has 0 bridgehead atoms. The number of aromatic nitrogens is 4. The van der Waals surface area contributed by atoms with Crippen LogP contribution in [0, 0.1) is 19.8 Å². The molecule has 0 aliphatic carbocycles. The second-order valence-electron chi connectivity index (χ2n) is 7.60. The van der Waals surface area contributed by atoms with Gasteiger partial charge in [-0.25, -0.2) is 4.68 Å². The number of hydrogen-bond donors (Lipinski definition) is 2. The Morgan fingerprint density at radius 2 is 1.77 bits per heavy atom. The van der Waals surface area contributed by atoms with Gasteiger partial charge in [0.05, 0.1) is 28.3 Å². The van der Waals surface area contributed by atoms with E-state index < -0.39 is 0 Å². The molecule has 8 nitrogen and oxygen atoms in total. The summed E-state index contributed by atoms with van der Waals surface area (Å²) in [5.74, 6) is -0.310. The Balaban J connectivity index is 1.89. The predicted molar refractivity (Wildman–Crippen MR) is 116 cm³/mol. The van der Waals surface area contributed by atoms with Crippen LogP contribution < -0.4 is 10.6 Å². The first kappa shape index (κ1) is 21.3. The van der Waals surface area contributed by atoms with Crippen LogP contribution in [0.5, 0.6) is 0 Å². The number of nitrogens with zero attached hydrogens (tertiary/aromatic N) is 4. The molecule has 8 heteroatoms.